The minimum Gasteiger partial charge on any atom is -0.464 e. The number of aromatic nitrogens is 1. The predicted octanol–water partition coefficient (Wildman–Crippen LogP) is 4.64. The van der Waals surface area contributed by atoms with Crippen LogP contribution in [0.4, 0.5) is 15.3 Å². The van der Waals surface area contributed by atoms with E-state index in [-0.39, 0.29) is 18.0 Å². The van der Waals surface area contributed by atoms with Crippen molar-refractivity contribution in [2.24, 2.45) is 0 Å². The molecule has 0 saturated carbocycles. The number of esters is 1. The van der Waals surface area contributed by atoms with Gasteiger partial charge >= 0.3 is 18.2 Å². The van der Waals surface area contributed by atoms with Crippen LogP contribution in [0.15, 0.2) is 48.7 Å². The zero-order valence-electron chi connectivity index (χ0n) is 19.8. The smallest absolute Gasteiger partial charge is 0.412 e. The second-order valence-corrected chi connectivity index (χ2v) is 8.72. The highest BCUT2D eigenvalue weighted by Gasteiger charge is 2.24. The van der Waals surface area contributed by atoms with Crippen LogP contribution in [0.1, 0.15) is 48.8 Å². The van der Waals surface area contributed by atoms with Crippen molar-refractivity contribution in [2.45, 2.75) is 39.4 Å². The Bertz CT molecular complexity index is 1080. The fourth-order valence-corrected chi connectivity index (χ4v) is 3.33. The lowest BCUT2D eigenvalue weighted by Crippen LogP contribution is -2.35. The molecule has 180 valence electrons. The van der Waals surface area contributed by atoms with E-state index in [1.807, 2.05) is 36.4 Å². The number of anilines is 1. The molecule has 34 heavy (non-hydrogen) atoms. The van der Waals surface area contributed by atoms with Crippen molar-refractivity contribution in [1.29, 1.82) is 0 Å². The summed E-state index contributed by atoms with van der Waals surface area (Å²) in [6.45, 7) is 6.23. The van der Waals surface area contributed by atoms with Crippen molar-refractivity contribution in [3.05, 3.63) is 65.5 Å². The summed E-state index contributed by atoms with van der Waals surface area (Å²) in [5, 5.41) is 2.58. The summed E-state index contributed by atoms with van der Waals surface area (Å²) in [6.07, 6.45) is 2.99. The lowest BCUT2D eigenvalue weighted by atomic mass is 10.0. The van der Waals surface area contributed by atoms with Crippen molar-refractivity contribution in [3.63, 3.8) is 0 Å². The van der Waals surface area contributed by atoms with Crippen molar-refractivity contribution in [1.82, 2.24) is 9.88 Å². The van der Waals surface area contributed by atoms with Crippen LogP contribution in [0.2, 0.25) is 0 Å². The molecule has 1 aromatic heterocycles. The third kappa shape index (κ3) is 6.81. The first-order valence-corrected chi connectivity index (χ1v) is 10.9. The number of methoxy groups -OCH3 is 1. The number of rotatable bonds is 5. The van der Waals surface area contributed by atoms with Crippen LogP contribution in [0.5, 0.6) is 0 Å². The molecule has 0 aliphatic carbocycles. The quantitative estimate of drug-likeness (QED) is 0.504. The summed E-state index contributed by atoms with van der Waals surface area (Å²) in [5.41, 5.74) is 1.77. The van der Waals surface area contributed by atoms with Gasteiger partial charge < -0.3 is 19.1 Å². The Morgan fingerprint density at radius 3 is 2.56 bits per heavy atom. The number of hydrogen-bond donors (Lipinski definition) is 1. The van der Waals surface area contributed by atoms with E-state index in [4.69, 9.17) is 14.2 Å². The second kappa shape index (κ2) is 10.8. The molecule has 1 aliphatic heterocycles. The summed E-state index contributed by atoms with van der Waals surface area (Å²) in [6, 6.07) is 11.1. The average Bonchev–Trinajstić information content (AvgIpc) is 2.81. The molecule has 2 aromatic rings. The van der Waals surface area contributed by atoms with E-state index in [0.29, 0.717) is 25.1 Å². The Labute approximate surface area is 198 Å². The van der Waals surface area contributed by atoms with E-state index in [1.165, 1.54) is 13.3 Å². The number of pyridine rings is 1. The van der Waals surface area contributed by atoms with E-state index < -0.39 is 23.8 Å². The average molecular weight is 468 g/mol. The van der Waals surface area contributed by atoms with Gasteiger partial charge in [0, 0.05) is 19.3 Å². The summed E-state index contributed by atoms with van der Waals surface area (Å²) in [4.78, 5) is 42.9. The van der Waals surface area contributed by atoms with Crippen molar-refractivity contribution in [3.8, 4) is 0 Å². The molecule has 0 unspecified atom stereocenters. The zero-order valence-corrected chi connectivity index (χ0v) is 19.8. The number of benzene rings is 1. The van der Waals surface area contributed by atoms with Crippen LogP contribution in [0.3, 0.4) is 0 Å². The van der Waals surface area contributed by atoms with Crippen molar-refractivity contribution < 1.29 is 28.6 Å². The summed E-state index contributed by atoms with van der Waals surface area (Å²) in [7, 11) is 1.23. The van der Waals surface area contributed by atoms with Crippen LogP contribution < -0.4 is 5.32 Å². The molecular formula is C25H29N3O6. The second-order valence-electron chi connectivity index (χ2n) is 8.72. The maximum Gasteiger partial charge on any atom is 0.412 e. The number of amides is 2. The van der Waals surface area contributed by atoms with E-state index in [9.17, 15) is 14.4 Å². The Morgan fingerprint density at radius 2 is 1.88 bits per heavy atom. The topological polar surface area (TPSA) is 107 Å². The third-order valence-corrected chi connectivity index (χ3v) is 4.89. The molecule has 0 bridgehead atoms. The maximum absolute atomic E-state index is 12.6. The van der Waals surface area contributed by atoms with Crippen LogP contribution in [0.25, 0.3) is 5.57 Å². The summed E-state index contributed by atoms with van der Waals surface area (Å²) < 4.78 is 15.5. The normalized spacial score (nSPS) is 13.5. The number of carbonyl (C=O) groups is 3. The predicted molar refractivity (Wildman–Crippen MR) is 126 cm³/mol. The number of hydrogen-bond acceptors (Lipinski definition) is 7. The van der Waals surface area contributed by atoms with Gasteiger partial charge in [-0.05, 0) is 50.0 Å². The summed E-state index contributed by atoms with van der Waals surface area (Å²) in [5.74, 6) is -0.693. The Balaban J connectivity index is 1.74. The van der Waals surface area contributed by atoms with Gasteiger partial charge in [-0.3, -0.25) is 5.32 Å². The van der Waals surface area contributed by atoms with Gasteiger partial charge in [0.2, 0.25) is 0 Å². The molecule has 2 heterocycles. The number of ether oxygens (including phenoxy) is 3. The molecule has 1 aromatic carbocycles. The van der Waals surface area contributed by atoms with E-state index >= 15 is 0 Å². The van der Waals surface area contributed by atoms with Crippen LogP contribution in [-0.2, 0) is 20.8 Å². The van der Waals surface area contributed by atoms with Gasteiger partial charge in [-0.1, -0.05) is 36.4 Å². The highest BCUT2D eigenvalue weighted by Crippen LogP contribution is 2.26. The molecule has 3 rings (SSSR count). The maximum atomic E-state index is 12.6. The molecule has 0 saturated heterocycles. The Kier molecular flexibility index (Phi) is 7.88. The summed E-state index contributed by atoms with van der Waals surface area (Å²) >= 11 is 0. The highest BCUT2D eigenvalue weighted by atomic mass is 16.6. The van der Waals surface area contributed by atoms with Gasteiger partial charge in [0.1, 0.15) is 12.2 Å². The fraction of sp³-hybridized carbons (Fsp3) is 0.360. The van der Waals surface area contributed by atoms with Crippen LogP contribution in [0, 0.1) is 0 Å². The first kappa shape index (κ1) is 24.8. The fourth-order valence-electron chi connectivity index (χ4n) is 3.33. The molecule has 1 aliphatic rings. The monoisotopic (exact) mass is 467 g/mol. The van der Waals surface area contributed by atoms with E-state index in [1.54, 1.807) is 31.7 Å². The minimum absolute atomic E-state index is 0.0485. The van der Waals surface area contributed by atoms with Crippen molar-refractivity contribution >= 4 is 29.4 Å². The first-order valence-electron chi connectivity index (χ1n) is 10.9. The zero-order chi connectivity index (χ0) is 24.7. The van der Waals surface area contributed by atoms with E-state index in [0.717, 1.165) is 11.1 Å². The Morgan fingerprint density at radius 1 is 1.15 bits per heavy atom. The van der Waals surface area contributed by atoms with Gasteiger partial charge in [0.15, 0.2) is 5.69 Å². The molecular weight excluding hydrogens is 438 g/mol. The minimum atomic E-state index is -0.722. The SMILES string of the molecule is COC(=O)c1ncc(C2=CCCN(C(=O)OCc3ccccc3)C2)cc1NC(=O)OC(C)(C)C. The van der Waals surface area contributed by atoms with Crippen LogP contribution in [-0.4, -0.2) is 53.8 Å². The number of nitrogens with zero attached hydrogens (tertiary/aromatic N) is 2. The number of nitrogens with one attached hydrogen (secondary N) is 1. The van der Waals surface area contributed by atoms with Gasteiger partial charge in [0.25, 0.3) is 0 Å². The lowest BCUT2D eigenvalue weighted by Gasteiger charge is -2.27. The van der Waals surface area contributed by atoms with Crippen molar-refractivity contribution in [2.75, 3.05) is 25.5 Å². The molecule has 2 amide bonds. The molecule has 0 spiro atoms. The van der Waals surface area contributed by atoms with Gasteiger partial charge in [-0.15, -0.1) is 0 Å². The van der Waals surface area contributed by atoms with Gasteiger partial charge in [-0.2, -0.15) is 0 Å². The lowest BCUT2D eigenvalue weighted by molar-refractivity contribution is 0.0595. The van der Waals surface area contributed by atoms with Crippen LogP contribution >= 0.6 is 0 Å². The number of carbonyl (C=O) groups excluding carboxylic acids is 3. The molecule has 0 radical (unpaired) electrons. The standard InChI is InChI=1S/C25H29N3O6/c1-25(2,3)34-23(30)27-20-13-19(14-26-21(20)22(29)32-4)18-11-8-12-28(15-18)24(31)33-16-17-9-6-5-7-10-17/h5-7,9-11,13-14H,8,12,15-16H2,1-4H3,(H,27,30). The van der Waals surface area contributed by atoms with Gasteiger partial charge in [-0.25, -0.2) is 19.4 Å². The highest BCUT2D eigenvalue weighted by molar-refractivity contribution is 5.98. The molecule has 9 nitrogen and oxygen atoms in total. The third-order valence-electron chi connectivity index (χ3n) is 4.89. The Hall–Kier alpha value is -3.88. The van der Waals surface area contributed by atoms with E-state index in [2.05, 4.69) is 10.3 Å². The van der Waals surface area contributed by atoms with Gasteiger partial charge in [0.05, 0.1) is 12.8 Å². The molecule has 0 atom stereocenters. The largest absolute Gasteiger partial charge is 0.464 e. The molecule has 1 N–H and O–H groups in total. The first-order chi connectivity index (χ1) is 16.2. The molecule has 9 heteroatoms. The molecule has 0 fully saturated rings.